The fourth-order valence-electron chi connectivity index (χ4n) is 3.37. The van der Waals surface area contributed by atoms with Crippen molar-refractivity contribution in [2.45, 2.75) is 37.4 Å². The Morgan fingerprint density at radius 2 is 2.04 bits per heavy atom. The summed E-state index contributed by atoms with van der Waals surface area (Å²) in [6.45, 7) is 0.714. The molecule has 2 atom stereocenters. The molecule has 3 rings (SSSR count). The van der Waals surface area contributed by atoms with Crippen molar-refractivity contribution in [2.75, 3.05) is 13.6 Å². The zero-order valence-corrected chi connectivity index (χ0v) is 13.6. The summed E-state index contributed by atoms with van der Waals surface area (Å²) in [6, 6.07) is 3.98. The van der Waals surface area contributed by atoms with Crippen molar-refractivity contribution in [1.29, 1.82) is 0 Å². The van der Waals surface area contributed by atoms with Crippen LogP contribution in [0.15, 0.2) is 33.6 Å². The molecule has 2 aromatic rings. The number of hydrogen-bond donors (Lipinski definition) is 1. The molecule has 0 aliphatic carbocycles. The van der Waals surface area contributed by atoms with Crippen LogP contribution in [0.2, 0.25) is 0 Å². The predicted octanol–water partition coefficient (Wildman–Crippen LogP) is 3.55. The average molecular weight is 358 g/mol. The normalized spacial score (nSPS) is 22.3. The fourth-order valence-corrected chi connectivity index (χ4v) is 3.37. The number of nitrogens with one attached hydrogen (secondary N) is 1. The number of benzene rings is 1. The van der Waals surface area contributed by atoms with E-state index < -0.39 is 17.6 Å². The maximum Gasteiger partial charge on any atom is 0.416 e. The van der Waals surface area contributed by atoms with Gasteiger partial charge >= 0.3 is 6.18 Å². The van der Waals surface area contributed by atoms with E-state index in [1.165, 1.54) is 6.07 Å². The topological polar surface area (TPSA) is 49.2 Å². The van der Waals surface area contributed by atoms with Gasteiger partial charge in [-0.05, 0) is 56.6 Å². The SMILES string of the molecule is CN1CC[C@H](c2cc(=O)[nH]o2)C[C@H]1Cc1cc(F)cc(C(F)(F)F)c1. The number of H-pyrrole nitrogens is 1. The average Bonchev–Trinajstić information content (AvgIpc) is 2.94. The third-order valence-electron chi connectivity index (χ3n) is 4.71. The minimum absolute atomic E-state index is 0.01000. The molecule has 1 aromatic carbocycles. The zero-order valence-electron chi connectivity index (χ0n) is 13.6. The summed E-state index contributed by atoms with van der Waals surface area (Å²) in [4.78, 5) is 13.3. The van der Waals surface area contributed by atoms with Gasteiger partial charge in [0.15, 0.2) is 0 Å². The molecule has 136 valence electrons. The Hall–Kier alpha value is -2.09. The number of aromatic amines is 1. The number of alkyl halides is 3. The number of hydrogen-bond acceptors (Lipinski definition) is 3. The van der Waals surface area contributed by atoms with Gasteiger partial charge in [-0.1, -0.05) is 0 Å². The minimum Gasteiger partial charge on any atom is -0.383 e. The summed E-state index contributed by atoms with van der Waals surface area (Å²) < 4.78 is 57.3. The highest BCUT2D eigenvalue weighted by Crippen LogP contribution is 2.34. The first-order valence-electron chi connectivity index (χ1n) is 7.97. The highest BCUT2D eigenvalue weighted by Gasteiger charge is 2.33. The van der Waals surface area contributed by atoms with Crippen LogP contribution in [-0.2, 0) is 12.6 Å². The van der Waals surface area contributed by atoms with E-state index in [4.69, 9.17) is 4.52 Å². The quantitative estimate of drug-likeness (QED) is 0.854. The Morgan fingerprint density at radius 3 is 2.68 bits per heavy atom. The Labute approximate surface area is 141 Å². The summed E-state index contributed by atoms with van der Waals surface area (Å²) in [5.41, 5.74) is -0.986. The highest BCUT2D eigenvalue weighted by molar-refractivity contribution is 5.27. The van der Waals surface area contributed by atoms with E-state index >= 15 is 0 Å². The zero-order chi connectivity index (χ0) is 18.2. The van der Waals surface area contributed by atoms with Crippen molar-refractivity contribution >= 4 is 0 Å². The molecular weight excluding hydrogens is 340 g/mol. The number of piperidine rings is 1. The molecule has 4 nitrogen and oxygen atoms in total. The molecule has 1 aliphatic rings. The lowest BCUT2D eigenvalue weighted by Crippen LogP contribution is -2.40. The second-order valence-electron chi connectivity index (χ2n) is 6.52. The van der Waals surface area contributed by atoms with Crippen molar-refractivity contribution in [3.8, 4) is 0 Å². The van der Waals surface area contributed by atoms with Crippen molar-refractivity contribution in [3.05, 3.63) is 57.3 Å². The monoisotopic (exact) mass is 358 g/mol. The molecule has 0 bridgehead atoms. The first-order valence-corrected chi connectivity index (χ1v) is 7.97. The molecule has 1 saturated heterocycles. The van der Waals surface area contributed by atoms with Crippen LogP contribution in [0.3, 0.4) is 0 Å². The van der Waals surface area contributed by atoms with E-state index in [0.29, 0.717) is 36.8 Å². The highest BCUT2D eigenvalue weighted by atomic mass is 19.4. The van der Waals surface area contributed by atoms with Gasteiger partial charge in [0.2, 0.25) is 0 Å². The second kappa shape index (κ2) is 6.67. The van der Waals surface area contributed by atoms with Crippen LogP contribution >= 0.6 is 0 Å². The van der Waals surface area contributed by atoms with Crippen LogP contribution in [-0.4, -0.2) is 29.7 Å². The van der Waals surface area contributed by atoms with Gasteiger partial charge in [0.1, 0.15) is 11.6 Å². The van der Waals surface area contributed by atoms with E-state index in [9.17, 15) is 22.4 Å². The number of nitrogens with zero attached hydrogens (tertiary/aromatic N) is 1. The van der Waals surface area contributed by atoms with Gasteiger partial charge in [-0.25, -0.2) is 4.39 Å². The Morgan fingerprint density at radius 1 is 1.28 bits per heavy atom. The van der Waals surface area contributed by atoms with Crippen molar-refractivity contribution in [1.82, 2.24) is 10.1 Å². The van der Waals surface area contributed by atoms with Gasteiger partial charge in [0, 0.05) is 18.0 Å². The first-order chi connectivity index (χ1) is 11.7. The lowest BCUT2D eigenvalue weighted by molar-refractivity contribution is -0.137. The molecule has 0 spiro atoms. The molecule has 1 fully saturated rings. The van der Waals surface area contributed by atoms with Crippen LogP contribution in [0.25, 0.3) is 0 Å². The standard InChI is InChI=1S/C17H18F4N2O2/c1-23-3-2-11(15-9-16(24)22-25-15)7-14(23)6-10-4-12(17(19,20)21)8-13(18)5-10/h4-5,8-9,11,14H,2-3,6-7H2,1H3,(H,22,24)/t11-,14+/m0/s1. The first kappa shape index (κ1) is 17.7. The summed E-state index contributed by atoms with van der Waals surface area (Å²) in [7, 11) is 1.89. The molecule has 0 amide bonds. The lowest BCUT2D eigenvalue weighted by Gasteiger charge is -2.36. The van der Waals surface area contributed by atoms with Crippen LogP contribution in [0, 0.1) is 5.82 Å². The molecule has 1 N–H and O–H groups in total. The van der Waals surface area contributed by atoms with Gasteiger partial charge in [-0.3, -0.25) is 4.79 Å². The molecule has 2 heterocycles. The van der Waals surface area contributed by atoms with Crippen molar-refractivity contribution in [2.24, 2.45) is 0 Å². The van der Waals surface area contributed by atoms with E-state index in [0.717, 1.165) is 18.6 Å². The van der Waals surface area contributed by atoms with E-state index in [1.807, 2.05) is 11.9 Å². The maximum absolute atomic E-state index is 13.6. The minimum atomic E-state index is -4.58. The van der Waals surface area contributed by atoms with Gasteiger partial charge < -0.3 is 9.42 Å². The lowest BCUT2D eigenvalue weighted by atomic mass is 9.86. The molecule has 0 radical (unpaired) electrons. The van der Waals surface area contributed by atoms with Gasteiger partial charge in [-0.2, -0.15) is 18.3 Å². The fraction of sp³-hybridized carbons (Fsp3) is 0.471. The van der Waals surface area contributed by atoms with Gasteiger partial charge in [0.25, 0.3) is 5.56 Å². The smallest absolute Gasteiger partial charge is 0.383 e. The largest absolute Gasteiger partial charge is 0.416 e. The molecule has 8 heteroatoms. The third-order valence-corrected chi connectivity index (χ3v) is 4.71. The number of likely N-dealkylation sites (N-methyl/N-ethyl adjacent to an activating group) is 1. The Kier molecular flexibility index (Phi) is 4.73. The molecule has 0 saturated carbocycles. The third kappa shape index (κ3) is 4.12. The van der Waals surface area contributed by atoms with E-state index in [-0.39, 0.29) is 17.5 Å². The van der Waals surface area contributed by atoms with E-state index in [1.54, 1.807) is 0 Å². The summed E-state index contributed by atoms with van der Waals surface area (Å²) >= 11 is 0. The predicted molar refractivity (Wildman–Crippen MR) is 82.8 cm³/mol. The van der Waals surface area contributed by atoms with E-state index in [2.05, 4.69) is 5.16 Å². The Bertz CT molecular complexity index is 796. The van der Waals surface area contributed by atoms with Crippen molar-refractivity contribution < 1.29 is 22.1 Å². The van der Waals surface area contributed by atoms with Gasteiger partial charge in [0.05, 0.1) is 5.56 Å². The van der Waals surface area contributed by atoms with Gasteiger partial charge in [-0.15, -0.1) is 0 Å². The summed E-state index contributed by atoms with van der Waals surface area (Å²) in [5, 5.41) is 2.25. The molecule has 25 heavy (non-hydrogen) atoms. The number of halogens is 4. The Balaban J connectivity index is 1.79. The van der Waals surface area contributed by atoms with Crippen LogP contribution in [0.5, 0.6) is 0 Å². The summed E-state index contributed by atoms with van der Waals surface area (Å²) in [6.07, 6.45) is -2.88. The molecule has 1 aromatic heterocycles. The number of rotatable bonds is 3. The summed E-state index contributed by atoms with van der Waals surface area (Å²) in [5.74, 6) is -0.328. The number of aromatic nitrogens is 1. The second-order valence-corrected chi connectivity index (χ2v) is 6.52. The molecule has 0 unspecified atom stereocenters. The number of likely N-dealkylation sites (tertiary alicyclic amines) is 1. The van der Waals surface area contributed by atoms with Crippen LogP contribution in [0.4, 0.5) is 17.6 Å². The van der Waals surface area contributed by atoms with Crippen molar-refractivity contribution in [3.63, 3.8) is 0 Å². The molecular formula is C17H18F4N2O2. The van der Waals surface area contributed by atoms with Crippen LogP contribution in [0.1, 0.15) is 35.6 Å². The van der Waals surface area contributed by atoms with Crippen LogP contribution < -0.4 is 5.56 Å². The maximum atomic E-state index is 13.6. The molecule has 1 aliphatic heterocycles.